The number of carbonyl (C=O) groups excluding carboxylic acids is 1. The van der Waals surface area contributed by atoms with Crippen molar-refractivity contribution < 1.29 is 9.53 Å². The van der Waals surface area contributed by atoms with Crippen LogP contribution in [0.15, 0.2) is 30.8 Å². The Balaban J connectivity index is 2.85. The van der Waals surface area contributed by atoms with Crippen LogP contribution in [-0.4, -0.2) is 17.0 Å². The SMILES string of the molecule is C=C(CBr)c1ccccc1NC(=O)OC(C)(C)C. The van der Waals surface area contributed by atoms with E-state index < -0.39 is 11.7 Å². The first-order valence-electron chi connectivity index (χ1n) is 5.66. The van der Waals surface area contributed by atoms with E-state index in [-0.39, 0.29) is 0 Å². The monoisotopic (exact) mass is 311 g/mol. The van der Waals surface area contributed by atoms with E-state index in [2.05, 4.69) is 27.8 Å². The van der Waals surface area contributed by atoms with Gasteiger partial charge in [0, 0.05) is 10.9 Å². The van der Waals surface area contributed by atoms with E-state index in [1.807, 2.05) is 45.0 Å². The lowest BCUT2D eigenvalue weighted by molar-refractivity contribution is 0.0636. The predicted molar refractivity (Wildman–Crippen MR) is 79.1 cm³/mol. The summed E-state index contributed by atoms with van der Waals surface area (Å²) in [6.45, 7) is 9.43. The Bertz CT molecular complexity index is 449. The van der Waals surface area contributed by atoms with Crippen molar-refractivity contribution in [1.82, 2.24) is 0 Å². The fourth-order valence-corrected chi connectivity index (χ4v) is 1.69. The zero-order chi connectivity index (χ0) is 13.8. The summed E-state index contributed by atoms with van der Waals surface area (Å²) >= 11 is 3.36. The zero-order valence-electron chi connectivity index (χ0n) is 10.9. The molecule has 0 fully saturated rings. The molecule has 0 saturated carbocycles. The predicted octanol–water partition coefficient (Wildman–Crippen LogP) is 4.44. The van der Waals surface area contributed by atoms with Gasteiger partial charge in [0.05, 0.1) is 5.69 Å². The quantitative estimate of drug-likeness (QED) is 0.838. The molecule has 3 nitrogen and oxygen atoms in total. The molecular weight excluding hydrogens is 294 g/mol. The fraction of sp³-hybridized carbons (Fsp3) is 0.357. The van der Waals surface area contributed by atoms with Crippen LogP contribution >= 0.6 is 15.9 Å². The van der Waals surface area contributed by atoms with Crippen molar-refractivity contribution in [2.24, 2.45) is 0 Å². The maximum absolute atomic E-state index is 11.7. The van der Waals surface area contributed by atoms with Crippen LogP contribution in [0.4, 0.5) is 10.5 Å². The lowest BCUT2D eigenvalue weighted by atomic mass is 10.1. The number of nitrogens with one attached hydrogen (secondary N) is 1. The van der Waals surface area contributed by atoms with Crippen molar-refractivity contribution in [2.75, 3.05) is 10.6 Å². The summed E-state index contributed by atoms with van der Waals surface area (Å²) in [5.41, 5.74) is 2.00. The zero-order valence-corrected chi connectivity index (χ0v) is 12.5. The Morgan fingerprint density at radius 2 is 2.00 bits per heavy atom. The van der Waals surface area contributed by atoms with Crippen LogP contribution in [0, 0.1) is 0 Å². The van der Waals surface area contributed by atoms with E-state index in [1.54, 1.807) is 0 Å². The highest BCUT2D eigenvalue weighted by atomic mass is 79.9. The molecule has 0 saturated heterocycles. The Labute approximate surface area is 116 Å². The first-order valence-corrected chi connectivity index (χ1v) is 6.79. The minimum absolute atomic E-state index is 0.461. The molecule has 98 valence electrons. The van der Waals surface area contributed by atoms with Gasteiger partial charge in [-0.25, -0.2) is 4.79 Å². The van der Waals surface area contributed by atoms with Crippen LogP contribution in [0.3, 0.4) is 0 Å². The summed E-state index contributed by atoms with van der Waals surface area (Å²) in [6, 6.07) is 7.50. The third-order valence-electron chi connectivity index (χ3n) is 2.10. The number of amides is 1. The standard InChI is InChI=1S/C14H18BrNO2/c1-10(9-15)11-7-5-6-8-12(11)16-13(17)18-14(2,3)4/h5-8H,1,9H2,2-4H3,(H,16,17). The van der Waals surface area contributed by atoms with Crippen molar-refractivity contribution in [3.8, 4) is 0 Å². The lowest BCUT2D eigenvalue weighted by Crippen LogP contribution is -2.27. The lowest BCUT2D eigenvalue weighted by Gasteiger charge is -2.20. The molecule has 1 amide bonds. The Hall–Kier alpha value is -1.29. The van der Waals surface area contributed by atoms with Crippen LogP contribution < -0.4 is 5.32 Å². The van der Waals surface area contributed by atoms with Gasteiger partial charge in [-0.15, -0.1) is 0 Å². The Kier molecular flexibility index (Phi) is 4.96. The van der Waals surface area contributed by atoms with Gasteiger partial charge < -0.3 is 4.74 Å². The van der Waals surface area contributed by atoms with Gasteiger partial charge in [0.1, 0.15) is 5.60 Å². The molecule has 0 aliphatic rings. The molecule has 4 heteroatoms. The second kappa shape index (κ2) is 6.05. The molecule has 0 heterocycles. The van der Waals surface area contributed by atoms with Gasteiger partial charge in [-0.2, -0.15) is 0 Å². The summed E-state index contributed by atoms with van der Waals surface area (Å²) in [4.78, 5) is 11.7. The smallest absolute Gasteiger partial charge is 0.412 e. The highest BCUT2D eigenvalue weighted by Crippen LogP contribution is 2.24. The van der Waals surface area contributed by atoms with Crippen molar-refractivity contribution in [1.29, 1.82) is 0 Å². The largest absolute Gasteiger partial charge is 0.444 e. The number of hydrogen-bond acceptors (Lipinski definition) is 2. The van der Waals surface area contributed by atoms with Gasteiger partial charge in [-0.1, -0.05) is 40.7 Å². The van der Waals surface area contributed by atoms with E-state index in [0.29, 0.717) is 11.0 Å². The number of halogens is 1. The fourth-order valence-electron chi connectivity index (χ4n) is 1.39. The van der Waals surface area contributed by atoms with Crippen LogP contribution in [-0.2, 0) is 4.74 Å². The van der Waals surface area contributed by atoms with Crippen LogP contribution in [0.25, 0.3) is 5.57 Å². The number of anilines is 1. The molecule has 0 bridgehead atoms. The Morgan fingerprint density at radius 1 is 1.39 bits per heavy atom. The molecule has 0 unspecified atom stereocenters. The second-order valence-electron chi connectivity index (χ2n) is 4.91. The summed E-state index contributed by atoms with van der Waals surface area (Å²) in [5, 5.41) is 3.39. The number of carbonyl (C=O) groups is 1. The number of alkyl halides is 1. The molecule has 0 atom stereocenters. The molecule has 0 radical (unpaired) electrons. The minimum atomic E-state index is -0.508. The molecule has 1 aromatic carbocycles. The molecule has 1 rings (SSSR count). The van der Waals surface area contributed by atoms with E-state index >= 15 is 0 Å². The number of benzene rings is 1. The highest BCUT2D eigenvalue weighted by molar-refractivity contribution is 9.09. The summed E-state index contributed by atoms with van der Waals surface area (Å²) in [6.07, 6.45) is -0.461. The molecule has 1 N–H and O–H groups in total. The second-order valence-corrected chi connectivity index (χ2v) is 5.47. The number of hydrogen-bond donors (Lipinski definition) is 1. The van der Waals surface area contributed by atoms with Crippen LogP contribution in [0.2, 0.25) is 0 Å². The van der Waals surface area contributed by atoms with Crippen LogP contribution in [0.1, 0.15) is 26.3 Å². The number of rotatable bonds is 3. The first kappa shape index (κ1) is 14.8. The average molecular weight is 312 g/mol. The van der Waals surface area contributed by atoms with Crippen molar-refractivity contribution in [2.45, 2.75) is 26.4 Å². The van der Waals surface area contributed by atoms with E-state index in [0.717, 1.165) is 11.1 Å². The normalized spacial score (nSPS) is 10.9. The van der Waals surface area contributed by atoms with Crippen LogP contribution in [0.5, 0.6) is 0 Å². The van der Waals surface area contributed by atoms with Gasteiger partial charge in [0.2, 0.25) is 0 Å². The molecule has 18 heavy (non-hydrogen) atoms. The van der Waals surface area contributed by atoms with E-state index in [4.69, 9.17) is 4.74 Å². The van der Waals surface area contributed by atoms with E-state index in [9.17, 15) is 4.79 Å². The summed E-state index contributed by atoms with van der Waals surface area (Å²) in [5.74, 6) is 0. The molecule has 1 aromatic rings. The van der Waals surface area contributed by atoms with Gasteiger partial charge in [-0.3, -0.25) is 5.32 Å². The van der Waals surface area contributed by atoms with Gasteiger partial charge in [0.15, 0.2) is 0 Å². The topological polar surface area (TPSA) is 38.3 Å². The Morgan fingerprint density at radius 3 is 2.56 bits per heavy atom. The van der Waals surface area contributed by atoms with Gasteiger partial charge >= 0.3 is 6.09 Å². The number of allylic oxidation sites excluding steroid dienone is 1. The molecular formula is C14H18BrNO2. The van der Waals surface area contributed by atoms with E-state index in [1.165, 1.54) is 0 Å². The van der Waals surface area contributed by atoms with Gasteiger partial charge in [-0.05, 0) is 32.4 Å². The maximum Gasteiger partial charge on any atom is 0.412 e. The molecule has 0 spiro atoms. The number of ether oxygens (including phenoxy) is 1. The number of para-hydroxylation sites is 1. The van der Waals surface area contributed by atoms with Crippen molar-refractivity contribution in [3.05, 3.63) is 36.4 Å². The maximum atomic E-state index is 11.7. The van der Waals surface area contributed by atoms with Crippen molar-refractivity contribution in [3.63, 3.8) is 0 Å². The third-order valence-corrected chi connectivity index (χ3v) is 2.78. The molecule has 0 aromatic heterocycles. The first-order chi connectivity index (χ1) is 8.33. The highest BCUT2D eigenvalue weighted by Gasteiger charge is 2.17. The molecule has 0 aliphatic carbocycles. The summed E-state index contributed by atoms with van der Waals surface area (Å²) < 4.78 is 5.22. The average Bonchev–Trinajstić information content (AvgIpc) is 2.26. The molecule has 0 aliphatic heterocycles. The van der Waals surface area contributed by atoms with Crippen molar-refractivity contribution >= 4 is 33.3 Å². The minimum Gasteiger partial charge on any atom is -0.444 e. The summed E-state index contributed by atoms with van der Waals surface area (Å²) in [7, 11) is 0. The van der Waals surface area contributed by atoms with Gasteiger partial charge in [0.25, 0.3) is 0 Å². The third kappa shape index (κ3) is 4.53.